The van der Waals surface area contributed by atoms with Crippen LogP contribution in [0.5, 0.6) is 0 Å². The molecule has 0 saturated carbocycles. The van der Waals surface area contributed by atoms with Gasteiger partial charge in [-0.3, -0.25) is 0 Å². The number of anilines is 2. The average molecular weight is 398 g/mol. The molecule has 0 bridgehead atoms. The summed E-state index contributed by atoms with van der Waals surface area (Å²) in [6, 6.07) is 34.0. The molecule has 144 valence electrons. The van der Waals surface area contributed by atoms with Gasteiger partial charge < -0.3 is 8.72 Å². The number of hydrogen-bond donors (Lipinski definition) is 1. The van der Waals surface area contributed by atoms with Gasteiger partial charge in [-0.2, -0.15) is 11.1 Å². The monoisotopic (exact) mass is 397 g/mol. The molecule has 0 unspecified atom stereocenters. The molecule has 0 radical (unpaired) electrons. The minimum atomic E-state index is -0.416. The molecule has 3 heteroatoms. The van der Waals surface area contributed by atoms with Crippen LogP contribution in [-0.2, 0) is 0 Å². The Morgan fingerprint density at radius 2 is 1.34 bits per heavy atom. The lowest BCUT2D eigenvalue weighted by Gasteiger charge is -2.32. The molecule has 0 aliphatic rings. The molecule has 0 atom stereocenters. The van der Waals surface area contributed by atoms with Gasteiger partial charge in [0.2, 0.25) is 0 Å². The van der Waals surface area contributed by atoms with Crippen molar-refractivity contribution in [3.05, 3.63) is 97.1 Å². The Balaban J connectivity index is 1.71. The van der Waals surface area contributed by atoms with Crippen molar-refractivity contribution in [3.8, 4) is 11.1 Å². The predicted octanol–water partition coefficient (Wildman–Crippen LogP) is 7.57. The van der Waals surface area contributed by atoms with Crippen LogP contribution < -0.4 is 4.31 Å². The second kappa shape index (κ2) is 7.34. The van der Waals surface area contributed by atoms with E-state index in [4.69, 9.17) is 4.42 Å². The molecule has 1 heterocycles. The van der Waals surface area contributed by atoms with Gasteiger partial charge in [0.05, 0.1) is 16.8 Å². The van der Waals surface area contributed by atoms with Crippen LogP contribution in [0.1, 0.15) is 0 Å². The summed E-state index contributed by atoms with van der Waals surface area (Å²) < 4.78 is 8.60. The number of para-hydroxylation sites is 1. The molecule has 0 fully saturated rings. The Morgan fingerprint density at radius 3 is 2.17 bits per heavy atom. The molecule has 0 aliphatic heterocycles. The van der Waals surface area contributed by atoms with Crippen LogP contribution in [0.4, 0.5) is 11.4 Å². The van der Waals surface area contributed by atoms with Crippen molar-refractivity contribution in [1.29, 1.82) is 0 Å². The molecule has 0 aliphatic carbocycles. The molecule has 0 saturated heterocycles. The predicted molar refractivity (Wildman–Crippen MR) is 129 cm³/mol. The van der Waals surface area contributed by atoms with E-state index in [1.807, 2.05) is 12.1 Å². The number of benzene rings is 4. The molecule has 2 nitrogen and oxygen atoms in total. The molecule has 0 N–H and O–H groups in total. The van der Waals surface area contributed by atoms with Crippen molar-refractivity contribution < 1.29 is 4.42 Å². The van der Waals surface area contributed by atoms with E-state index in [1.165, 1.54) is 33.3 Å². The lowest BCUT2D eigenvalue weighted by atomic mass is 10.0. The van der Waals surface area contributed by atoms with Crippen molar-refractivity contribution in [1.82, 2.24) is 0 Å². The third kappa shape index (κ3) is 3.18. The molecule has 29 heavy (non-hydrogen) atoms. The van der Waals surface area contributed by atoms with Gasteiger partial charge in [-0.25, -0.2) is 0 Å². The Kier molecular flexibility index (Phi) is 4.53. The summed E-state index contributed by atoms with van der Waals surface area (Å²) in [7, 11) is 0. The second-order valence-electron chi connectivity index (χ2n) is 7.32. The van der Waals surface area contributed by atoms with Crippen LogP contribution in [0.15, 0.2) is 101 Å². The zero-order chi connectivity index (χ0) is 19.8. The summed E-state index contributed by atoms with van der Waals surface area (Å²) in [6.45, 7) is 0. The second-order valence-corrected chi connectivity index (χ2v) is 9.42. The lowest BCUT2D eigenvalue weighted by Crippen LogP contribution is -2.12. The summed E-state index contributed by atoms with van der Waals surface area (Å²) in [5.41, 5.74) is 6.75. The van der Waals surface area contributed by atoms with Crippen LogP contribution in [0, 0.1) is 0 Å². The van der Waals surface area contributed by atoms with Crippen LogP contribution in [-0.4, -0.2) is 12.5 Å². The maximum absolute atomic E-state index is 6.13. The number of nitrogens with zero attached hydrogens (tertiary/aromatic N) is 1. The van der Waals surface area contributed by atoms with E-state index in [1.54, 1.807) is 0 Å². The Bertz CT molecular complexity index is 1290. The van der Waals surface area contributed by atoms with Crippen molar-refractivity contribution in [3.63, 3.8) is 0 Å². The lowest BCUT2D eigenvalue weighted by molar-refractivity contribution is 0.669. The Labute approximate surface area is 173 Å². The summed E-state index contributed by atoms with van der Waals surface area (Å²) in [5.74, 6) is 0. The molecule has 5 aromatic rings. The fourth-order valence-electron chi connectivity index (χ4n) is 3.97. The molecular formula is C26H23NOS. The standard InChI is InChI=1S/C26H23NOS/c1-29(2)27(21-13-8-12-20(18-21)19-10-4-3-5-11-19)23-15-9-17-25-26(23)22-14-6-7-16-24(22)28-25/h3-18,29H,1-2H3. The van der Waals surface area contributed by atoms with Crippen molar-refractivity contribution in [2.24, 2.45) is 0 Å². The average Bonchev–Trinajstić information content (AvgIpc) is 3.14. The van der Waals surface area contributed by atoms with Crippen LogP contribution >= 0.6 is 11.1 Å². The summed E-state index contributed by atoms with van der Waals surface area (Å²) in [5, 5.41) is 2.35. The topological polar surface area (TPSA) is 16.4 Å². The molecule has 1 aromatic heterocycles. The third-order valence-electron chi connectivity index (χ3n) is 5.21. The zero-order valence-corrected chi connectivity index (χ0v) is 17.4. The van der Waals surface area contributed by atoms with Gasteiger partial charge in [-0.15, -0.1) is 0 Å². The number of fused-ring (bicyclic) bond motifs is 3. The highest BCUT2D eigenvalue weighted by atomic mass is 32.2. The number of rotatable bonds is 4. The van der Waals surface area contributed by atoms with Crippen LogP contribution in [0.25, 0.3) is 33.1 Å². The maximum Gasteiger partial charge on any atom is 0.137 e. The number of furan rings is 1. The first-order valence-electron chi connectivity index (χ1n) is 9.75. The Hall–Kier alpha value is -3.17. The summed E-state index contributed by atoms with van der Waals surface area (Å²) in [4.78, 5) is 0. The van der Waals surface area contributed by atoms with Crippen molar-refractivity contribution >= 4 is 44.4 Å². The van der Waals surface area contributed by atoms with E-state index in [0.29, 0.717) is 0 Å². The van der Waals surface area contributed by atoms with E-state index in [-0.39, 0.29) is 0 Å². The largest absolute Gasteiger partial charge is 0.456 e. The summed E-state index contributed by atoms with van der Waals surface area (Å²) >= 11 is -0.416. The number of thiol groups is 1. The van der Waals surface area contributed by atoms with Gasteiger partial charge in [-0.1, -0.05) is 66.7 Å². The highest BCUT2D eigenvalue weighted by molar-refractivity contribution is 8.17. The normalized spacial score (nSPS) is 11.7. The van der Waals surface area contributed by atoms with Gasteiger partial charge in [0.1, 0.15) is 11.2 Å². The fraction of sp³-hybridized carbons (Fsp3) is 0.0769. The van der Waals surface area contributed by atoms with Crippen molar-refractivity contribution in [2.75, 3.05) is 16.8 Å². The molecule has 4 aromatic carbocycles. The third-order valence-corrected chi connectivity index (χ3v) is 6.45. The minimum Gasteiger partial charge on any atom is -0.456 e. The highest BCUT2D eigenvalue weighted by Gasteiger charge is 2.18. The summed E-state index contributed by atoms with van der Waals surface area (Å²) in [6.07, 6.45) is 4.59. The van der Waals surface area contributed by atoms with E-state index < -0.39 is 11.1 Å². The smallest absolute Gasteiger partial charge is 0.137 e. The van der Waals surface area contributed by atoms with Gasteiger partial charge in [0.15, 0.2) is 0 Å². The minimum absolute atomic E-state index is 0.416. The Morgan fingerprint density at radius 1 is 0.655 bits per heavy atom. The van der Waals surface area contributed by atoms with E-state index in [9.17, 15) is 0 Å². The van der Waals surface area contributed by atoms with Gasteiger partial charge >= 0.3 is 0 Å². The zero-order valence-electron chi connectivity index (χ0n) is 16.5. The first kappa shape index (κ1) is 17.9. The highest BCUT2D eigenvalue weighted by Crippen LogP contribution is 2.45. The first-order chi connectivity index (χ1) is 14.2. The van der Waals surface area contributed by atoms with Crippen LogP contribution in [0.3, 0.4) is 0 Å². The van der Waals surface area contributed by atoms with E-state index >= 15 is 0 Å². The quantitative estimate of drug-likeness (QED) is 0.315. The SMILES string of the molecule is C[SH](C)N(c1cccc(-c2ccccc2)c1)c1cccc2oc3ccccc3c12. The van der Waals surface area contributed by atoms with Crippen LogP contribution in [0.2, 0.25) is 0 Å². The molecule has 0 amide bonds. The van der Waals surface area contributed by atoms with Gasteiger partial charge in [-0.05, 0) is 54.0 Å². The van der Waals surface area contributed by atoms with E-state index in [0.717, 1.165) is 11.2 Å². The first-order valence-corrected chi connectivity index (χ1v) is 11.9. The molecular weight excluding hydrogens is 374 g/mol. The maximum atomic E-state index is 6.13. The van der Waals surface area contributed by atoms with Gasteiger partial charge in [0.25, 0.3) is 0 Å². The van der Waals surface area contributed by atoms with Crippen molar-refractivity contribution in [2.45, 2.75) is 0 Å². The molecule has 5 rings (SSSR count). The number of hydrogen-bond acceptors (Lipinski definition) is 2. The van der Waals surface area contributed by atoms with E-state index in [2.05, 4.69) is 102 Å². The fourth-order valence-corrected chi connectivity index (χ4v) is 5.15. The van der Waals surface area contributed by atoms with Gasteiger partial charge in [0, 0.05) is 5.39 Å². The molecule has 0 spiro atoms.